The van der Waals surface area contributed by atoms with E-state index in [1.54, 1.807) is 36.4 Å². The minimum atomic E-state index is -0.296. The van der Waals surface area contributed by atoms with E-state index in [1.165, 1.54) is 12.1 Å². The van der Waals surface area contributed by atoms with Crippen molar-refractivity contribution in [3.63, 3.8) is 0 Å². The number of hydrogen-bond acceptors (Lipinski definition) is 1. The van der Waals surface area contributed by atoms with Crippen LogP contribution in [0.3, 0.4) is 0 Å². The van der Waals surface area contributed by atoms with Gasteiger partial charge >= 0.3 is 0 Å². The average Bonchev–Trinajstić information content (AvgIpc) is 3.10. The maximum atomic E-state index is 13.2. The molecule has 0 saturated carbocycles. The summed E-state index contributed by atoms with van der Waals surface area (Å²) < 4.78 is 15.1. The minimum absolute atomic E-state index is 0.125. The largest absolute Gasteiger partial charge is 0.346 e. The predicted molar refractivity (Wildman–Crippen MR) is 93.7 cm³/mol. The average molecular weight is 343 g/mol. The highest BCUT2D eigenvalue weighted by Crippen LogP contribution is 2.24. The van der Waals surface area contributed by atoms with Gasteiger partial charge in [0, 0.05) is 23.1 Å². The van der Waals surface area contributed by atoms with E-state index in [-0.39, 0.29) is 24.2 Å². The first-order valence-corrected chi connectivity index (χ1v) is 7.93. The Morgan fingerprint density at radius 2 is 1.67 bits per heavy atom. The molecule has 0 aliphatic heterocycles. The van der Waals surface area contributed by atoms with Crippen LogP contribution in [0.15, 0.2) is 73.1 Å². The molecule has 122 valence electrons. The molecule has 1 N–H and O–H groups in total. The monoisotopic (exact) mass is 342 g/mol. The number of nitrogens with one attached hydrogen (secondary N) is 1. The van der Waals surface area contributed by atoms with Crippen LogP contribution >= 0.6 is 11.6 Å². The summed E-state index contributed by atoms with van der Waals surface area (Å²) in [5.41, 5.74) is 1.56. The van der Waals surface area contributed by atoms with Crippen molar-refractivity contribution in [2.24, 2.45) is 0 Å². The van der Waals surface area contributed by atoms with Crippen LogP contribution in [0.5, 0.6) is 0 Å². The lowest BCUT2D eigenvalue weighted by Crippen LogP contribution is -2.19. The Hall–Kier alpha value is -2.59. The number of carbonyl (C=O) groups excluding carboxylic acids is 1. The van der Waals surface area contributed by atoms with Crippen LogP contribution in [-0.4, -0.2) is 10.5 Å². The number of aromatic nitrogens is 1. The number of nitrogens with zero attached hydrogens (tertiary/aromatic N) is 1. The second kappa shape index (κ2) is 7.32. The van der Waals surface area contributed by atoms with Crippen molar-refractivity contribution >= 4 is 23.2 Å². The number of rotatable bonds is 5. The van der Waals surface area contributed by atoms with Crippen molar-refractivity contribution in [1.29, 1.82) is 0 Å². The molecule has 0 bridgehead atoms. The zero-order chi connectivity index (χ0) is 16.9. The number of anilines is 1. The fourth-order valence-electron chi connectivity index (χ4n) is 2.56. The van der Waals surface area contributed by atoms with Crippen molar-refractivity contribution < 1.29 is 9.18 Å². The third kappa shape index (κ3) is 4.03. The number of halogens is 2. The van der Waals surface area contributed by atoms with Gasteiger partial charge in [0.25, 0.3) is 0 Å². The standard InChI is InChI=1S/C19H16ClFN2O/c20-15-5-9-17(10-6-15)22-19(24)13-18(23-11-1-2-12-23)14-3-7-16(21)8-4-14/h1-12,18H,13H2,(H,22,24)/t18-/m0/s1. The lowest BCUT2D eigenvalue weighted by molar-refractivity contribution is -0.116. The molecule has 1 atom stereocenters. The van der Waals surface area contributed by atoms with Crippen LogP contribution in [0.2, 0.25) is 5.02 Å². The maximum absolute atomic E-state index is 13.2. The first-order valence-electron chi connectivity index (χ1n) is 7.55. The molecule has 1 amide bonds. The molecule has 3 aromatic rings. The molecule has 0 aliphatic carbocycles. The normalized spacial score (nSPS) is 11.9. The highest BCUT2D eigenvalue weighted by molar-refractivity contribution is 6.30. The fourth-order valence-corrected chi connectivity index (χ4v) is 2.68. The molecule has 0 saturated heterocycles. The van der Waals surface area contributed by atoms with Crippen LogP contribution in [0.4, 0.5) is 10.1 Å². The van der Waals surface area contributed by atoms with Crippen molar-refractivity contribution in [2.75, 3.05) is 5.32 Å². The van der Waals surface area contributed by atoms with E-state index >= 15 is 0 Å². The summed E-state index contributed by atoms with van der Waals surface area (Å²) in [6.07, 6.45) is 4.02. The molecule has 0 unspecified atom stereocenters. The van der Waals surface area contributed by atoms with Gasteiger partial charge in [0.2, 0.25) is 5.91 Å². The summed E-state index contributed by atoms with van der Waals surface area (Å²) in [5.74, 6) is -0.420. The van der Waals surface area contributed by atoms with Crippen LogP contribution in [-0.2, 0) is 4.79 Å². The first kappa shape index (κ1) is 16.3. The van der Waals surface area contributed by atoms with E-state index in [4.69, 9.17) is 11.6 Å². The van der Waals surface area contributed by atoms with E-state index in [0.717, 1.165) is 5.56 Å². The molecule has 24 heavy (non-hydrogen) atoms. The van der Waals surface area contributed by atoms with Gasteiger partial charge in [0.15, 0.2) is 0 Å². The molecule has 0 fully saturated rings. The molecule has 3 nitrogen and oxygen atoms in total. The Labute approximate surface area is 144 Å². The summed E-state index contributed by atoms with van der Waals surface area (Å²) >= 11 is 5.85. The smallest absolute Gasteiger partial charge is 0.226 e. The van der Waals surface area contributed by atoms with Crippen LogP contribution in [0.1, 0.15) is 18.0 Å². The molecule has 3 rings (SSSR count). The van der Waals surface area contributed by atoms with Crippen LogP contribution in [0.25, 0.3) is 0 Å². The first-order chi connectivity index (χ1) is 11.6. The second-order valence-electron chi connectivity index (χ2n) is 5.46. The molecule has 5 heteroatoms. The zero-order valence-electron chi connectivity index (χ0n) is 12.8. The number of carbonyl (C=O) groups is 1. The third-order valence-electron chi connectivity index (χ3n) is 3.75. The Morgan fingerprint density at radius 3 is 2.29 bits per heavy atom. The highest BCUT2D eigenvalue weighted by atomic mass is 35.5. The fraction of sp³-hybridized carbons (Fsp3) is 0.105. The third-order valence-corrected chi connectivity index (χ3v) is 4.00. The lowest BCUT2D eigenvalue weighted by Gasteiger charge is -2.19. The molecule has 0 aliphatic rings. The Bertz CT molecular complexity index is 798. The van der Waals surface area contributed by atoms with Gasteiger partial charge in [0.05, 0.1) is 12.5 Å². The molecule has 1 heterocycles. The van der Waals surface area contributed by atoms with Gasteiger partial charge in [0.1, 0.15) is 5.82 Å². The zero-order valence-corrected chi connectivity index (χ0v) is 13.6. The number of benzene rings is 2. The van der Waals surface area contributed by atoms with E-state index in [0.29, 0.717) is 10.7 Å². The molecule has 0 spiro atoms. The number of hydrogen-bond donors (Lipinski definition) is 1. The maximum Gasteiger partial charge on any atom is 0.226 e. The van der Waals surface area contributed by atoms with Crippen LogP contribution < -0.4 is 5.32 Å². The Balaban J connectivity index is 1.77. The summed E-state index contributed by atoms with van der Waals surface area (Å²) in [4.78, 5) is 12.4. The van der Waals surface area contributed by atoms with E-state index in [9.17, 15) is 9.18 Å². The second-order valence-corrected chi connectivity index (χ2v) is 5.89. The summed E-state index contributed by atoms with van der Waals surface area (Å²) in [7, 11) is 0. The highest BCUT2D eigenvalue weighted by Gasteiger charge is 2.17. The van der Waals surface area contributed by atoms with Gasteiger partial charge in [-0.2, -0.15) is 0 Å². The lowest BCUT2D eigenvalue weighted by atomic mass is 10.0. The summed E-state index contributed by atoms with van der Waals surface area (Å²) in [6.45, 7) is 0. The number of amides is 1. The summed E-state index contributed by atoms with van der Waals surface area (Å²) in [6, 6.07) is 16.8. The molecule has 0 radical (unpaired) electrons. The van der Waals surface area contributed by atoms with Gasteiger partial charge in [-0.25, -0.2) is 4.39 Å². The Morgan fingerprint density at radius 1 is 1.04 bits per heavy atom. The van der Waals surface area contributed by atoms with Gasteiger partial charge < -0.3 is 9.88 Å². The van der Waals surface area contributed by atoms with Gasteiger partial charge in [-0.05, 0) is 54.1 Å². The summed E-state index contributed by atoms with van der Waals surface area (Å²) in [5, 5.41) is 3.47. The van der Waals surface area contributed by atoms with Gasteiger partial charge in [-0.3, -0.25) is 4.79 Å². The van der Waals surface area contributed by atoms with Crippen molar-refractivity contribution in [2.45, 2.75) is 12.5 Å². The van der Waals surface area contributed by atoms with Crippen molar-refractivity contribution in [3.05, 3.63) is 89.5 Å². The Kier molecular flexibility index (Phi) is 4.96. The predicted octanol–water partition coefficient (Wildman–Crippen LogP) is 4.90. The molecule has 2 aromatic carbocycles. The van der Waals surface area contributed by atoms with E-state index in [1.807, 2.05) is 29.1 Å². The van der Waals surface area contributed by atoms with Crippen molar-refractivity contribution in [1.82, 2.24) is 4.57 Å². The minimum Gasteiger partial charge on any atom is -0.346 e. The van der Waals surface area contributed by atoms with Crippen LogP contribution in [0, 0.1) is 5.82 Å². The SMILES string of the molecule is O=C(C[C@@H](c1ccc(F)cc1)n1cccc1)Nc1ccc(Cl)cc1. The molecular formula is C19H16ClFN2O. The molecular weight excluding hydrogens is 327 g/mol. The molecule has 1 aromatic heterocycles. The van der Waals surface area contributed by atoms with Gasteiger partial charge in [-0.15, -0.1) is 0 Å². The topological polar surface area (TPSA) is 34.0 Å². The van der Waals surface area contributed by atoms with Crippen molar-refractivity contribution in [3.8, 4) is 0 Å². The van der Waals surface area contributed by atoms with E-state index in [2.05, 4.69) is 5.32 Å². The quantitative estimate of drug-likeness (QED) is 0.703. The van der Waals surface area contributed by atoms with Gasteiger partial charge in [-0.1, -0.05) is 23.7 Å². The van der Waals surface area contributed by atoms with E-state index < -0.39 is 0 Å².